The maximum Gasteiger partial charge on any atom is 0.325 e. The van der Waals surface area contributed by atoms with Crippen molar-refractivity contribution in [3.8, 4) is 0 Å². The van der Waals surface area contributed by atoms with Gasteiger partial charge in [-0.2, -0.15) is 0 Å². The number of urea groups is 1. The van der Waals surface area contributed by atoms with Crippen LogP contribution in [0.1, 0.15) is 48.5 Å². The highest BCUT2D eigenvalue weighted by Gasteiger charge is 2.38. The van der Waals surface area contributed by atoms with E-state index in [-0.39, 0.29) is 37.9 Å². The number of benzene rings is 3. The minimum atomic E-state index is -0.560. The van der Waals surface area contributed by atoms with E-state index >= 15 is 0 Å². The van der Waals surface area contributed by atoms with Crippen molar-refractivity contribution < 1.29 is 28.9 Å². The monoisotopic (exact) mass is 564 g/mol. The molecule has 212 valence electrons. The van der Waals surface area contributed by atoms with Crippen LogP contribution in [0.15, 0.2) is 83.8 Å². The molecule has 1 saturated heterocycles. The highest BCUT2D eigenvalue weighted by molar-refractivity contribution is 7.99. The fraction of sp³-hybridized carbons (Fsp3) is 0.355. The van der Waals surface area contributed by atoms with Gasteiger partial charge in [0.2, 0.25) is 0 Å². The molecule has 0 aliphatic carbocycles. The second-order valence-electron chi connectivity index (χ2n) is 9.53. The van der Waals surface area contributed by atoms with E-state index in [0.29, 0.717) is 6.54 Å². The Labute approximate surface area is 239 Å². The quantitative estimate of drug-likeness (QED) is 0.219. The predicted octanol–water partition coefficient (Wildman–Crippen LogP) is 5.12. The molecule has 4 rings (SSSR count). The Hall–Kier alpha value is -3.37. The summed E-state index contributed by atoms with van der Waals surface area (Å²) < 4.78 is 17.8. The van der Waals surface area contributed by atoms with Crippen molar-refractivity contribution >= 4 is 23.8 Å². The topological polar surface area (TPSA) is 106 Å². The van der Waals surface area contributed by atoms with E-state index in [2.05, 4.69) is 29.7 Å². The molecule has 1 aliphatic heterocycles. The Bertz CT molecular complexity index is 1220. The first-order chi connectivity index (χ1) is 19.5. The van der Waals surface area contributed by atoms with E-state index in [1.807, 2.05) is 66.7 Å². The smallest absolute Gasteiger partial charge is 0.325 e. The summed E-state index contributed by atoms with van der Waals surface area (Å²) in [4.78, 5) is 24.6. The van der Waals surface area contributed by atoms with E-state index in [1.54, 1.807) is 18.7 Å². The van der Waals surface area contributed by atoms with Gasteiger partial charge in [-0.3, -0.25) is 4.79 Å². The average molecular weight is 565 g/mol. The fourth-order valence-corrected chi connectivity index (χ4v) is 5.50. The van der Waals surface area contributed by atoms with Crippen LogP contribution in [0.3, 0.4) is 0 Å². The molecule has 0 bridgehead atoms. The Morgan fingerprint density at radius 1 is 0.900 bits per heavy atom. The molecule has 3 aromatic rings. The summed E-state index contributed by atoms with van der Waals surface area (Å²) in [7, 11) is 0. The molecule has 0 aromatic heterocycles. The zero-order valence-electron chi connectivity index (χ0n) is 22.7. The molecule has 2 amide bonds. The number of aliphatic hydroxyl groups is 1. The number of hydrogen-bond acceptors (Lipinski definition) is 7. The van der Waals surface area contributed by atoms with Gasteiger partial charge in [-0.15, -0.1) is 11.8 Å². The lowest BCUT2D eigenvalue weighted by Crippen LogP contribution is -2.39. The average Bonchev–Trinajstić information content (AvgIpc) is 2.99. The number of amides is 2. The van der Waals surface area contributed by atoms with Crippen molar-refractivity contribution in [1.82, 2.24) is 10.6 Å². The summed E-state index contributed by atoms with van der Waals surface area (Å²) in [6, 6.07) is 25.4. The van der Waals surface area contributed by atoms with Crippen molar-refractivity contribution in [3.05, 3.63) is 101 Å². The van der Waals surface area contributed by atoms with Gasteiger partial charge in [0.05, 0.1) is 25.4 Å². The molecule has 3 N–H and O–H groups in total. The minimum absolute atomic E-state index is 0.00229. The molecule has 4 unspecified atom stereocenters. The third-order valence-electron chi connectivity index (χ3n) is 6.68. The Morgan fingerprint density at radius 2 is 1.57 bits per heavy atom. The number of thioether (sulfide) groups is 1. The first-order valence-electron chi connectivity index (χ1n) is 13.4. The van der Waals surface area contributed by atoms with Crippen molar-refractivity contribution in [2.45, 2.75) is 50.4 Å². The van der Waals surface area contributed by atoms with Crippen LogP contribution in [0.25, 0.3) is 0 Å². The molecule has 4 atom stereocenters. The van der Waals surface area contributed by atoms with Crippen molar-refractivity contribution in [3.63, 3.8) is 0 Å². The van der Waals surface area contributed by atoms with Crippen LogP contribution in [0, 0.1) is 5.92 Å². The van der Waals surface area contributed by atoms with E-state index < -0.39 is 18.3 Å². The fourth-order valence-electron chi connectivity index (χ4n) is 4.41. The van der Waals surface area contributed by atoms with Gasteiger partial charge < -0.3 is 30.0 Å². The summed E-state index contributed by atoms with van der Waals surface area (Å²) in [5, 5.41) is 14.7. The van der Waals surface area contributed by atoms with E-state index in [0.717, 1.165) is 28.0 Å². The summed E-state index contributed by atoms with van der Waals surface area (Å²) in [5.74, 6) is 0.398. The van der Waals surface area contributed by atoms with Gasteiger partial charge in [0.15, 0.2) is 6.29 Å². The van der Waals surface area contributed by atoms with Gasteiger partial charge >= 0.3 is 12.0 Å². The number of carbonyl (C=O) groups is 2. The minimum Gasteiger partial charge on any atom is -0.465 e. The zero-order valence-corrected chi connectivity index (χ0v) is 23.6. The molecule has 9 heteroatoms. The van der Waals surface area contributed by atoms with Crippen LogP contribution in [-0.2, 0) is 32.2 Å². The number of esters is 1. The van der Waals surface area contributed by atoms with E-state index in [1.165, 1.54) is 4.90 Å². The van der Waals surface area contributed by atoms with Crippen molar-refractivity contribution in [2.75, 3.05) is 18.9 Å². The second kappa shape index (κ2) is 14.9. The highest BCUT2D eigenvalue weighted by Crippen LogP contribution is 2.43. The Kier molecular flexibility index (Phi) is 11.0. The number of hydrogen-bond donors (Lipinski definition) is 3. The largest absolute Gasteiger partial charge is 0.465 e. The van der Waals surface area contributed by atoms with Crippen LogP contribution in [0.5, 0.6) is 0 Å². The van der Waals surface area contributed by atoms with E-state index in [9.17, 15) is 14.7 Å². The molecule has 40 heavy (non-hydrogen) atoms. The molecule has 0 saturated carbocycles. The summed E-state index contributed by atoms with van der Waals surface area (Å²) >= 11 is 1.76. The van der Waals surface area contributed by atoms with Gasteiger partial charge in [-0.1, -0.05) is 73.7 Å². The molecule has 0 radical (unpaired) electrons. The van der Waals surface area contributed by atoms with E-state index in [4.69, 9.17) is 14.2 Å². The van der Waals surface area contributed by atoms with Gasteiger partial charge in [-0.05, 0) is 35.7 Å². The summed E-state index contributed by atoms with van der Waals surface area (Å²) in [6.07, 6.45) is -0.803. The van der Waals surface area contributed by atoms with Crippen LogP contribution >= 0.6 is 11.8 Å². The molecule has 0 spiro atoms. The molecule has 1 fully saturated rings. The maximum absolute atomic E-state index is 12.0. The molecular weight excluding hydrogens is 528 g/mol. The zero-order chi connectivity index (χ0) is 28.3. The van der Waals surface area contributed by atoms with Crippen LogP contribution in [0.4, 0.5) is 4.79 Å². The first-order valence-corrected chi connectivity index (χ1v) is 14.4. The highest BCUT2D eigenvalue weighted by atomic mass is 32.2. The molecule has 8 nitrogen and oxygen atoms in total. The third kappa shape index (κ3) is 8.32. The number of nitrogens with one attached hydrogen (secondary N) is 2. The van der Waals surface area contributed by atoms with Crippen LogP contribution < -0.4 is 10.6 Å². The second-order valence-corrected chi connectivity index (χ2v) is 10.6. The lowest BCUT2D eigenvalue weighted by atomic mass is 9.91. The molecule has 1 heterocycles. The molecular formula is C31H36N2O6S. The number of rotatable bonds is 11. The van der Waals surface area contributed by atoms with Gasteiger partial charge in [0.1, 0.15) is 6.54 Å². The first kappa shape index (κ1) is 29.6. The summed E-state index contributed by atoms with van der Waals surface area (Å²) in [6.45, 7) is 4.25. The molecule has 3 aromatic carbocycles. The lowest BCUT2D eigenvalue weighted by Gasteiger charge is -2.41. The van der Waals surface area contributed by atoms with Crippen LogP contribution in [0.2, 0.25) is 0 Å². The molecule has 1 aliphatic rings. The van der Waals surface area contributed by atoms with Crippen molar-refractivity contribution in [2.24, 2.45) is 5.92 Å². The van der Waals surface area contributed by atoms with Gasteiger partial charge in [0.25, 0.3) is 0 Å². The van der Waals surface area contributed by atoms with Crippen LogP contribution in [-0.4, -0.2) is 42.1 Å². The Morgan fingerprint density at radius 3 is 2.25 bits per heavy atom. The number of aliphatic hydroxyl groups excluding tert-OH is 1. The lowest BCUT2D eigenvalue weighted by molar-refractivity contribution is -0.268. The normalized spacial score (nSPS) is 20.5. The van der Waals surface area contributed by atoms with Crippen molar-refractivity contribution in [1.29, 1.82) is 0 Å². The standard InChI is InChI=1S/C31H36N2O6S/c1-3-37-28(35)18-33-31(36)32-17-22-9-15-25(16-10-22)30-38-27(20-40-26-7-5-4-6-8-26)21(2)29(39-30)24-13-11-23(19-34)12-14-24/h4-16,21,27,29-30,34H,3,17-20H2,1-2H3,(H2,32,33,36). The van der Waals surface area contributed by atoms with Gasteiger partial charge in [-0.25, -0.2) is 4.79 Å². The number of ether oxygens (including phenoxy) is 3. The summed E-state index contributed by atoms with van der Waals surface area (Å²) in [5.41, 5.74) is 3.68. The van der Waals surface area contributed by atoms with Gasteiger partial charge in [0, 0.05) is 28.7 Å². The Balaban J connectivity index is 1.42. The maximum atomic E-state index is 12.0. The third-order valence-corrected chi connectivity index (χ3v) is 7.79. The SMILES string of the molecule is CCOC(=O)CNC(=O)NCc1ccc(C2OC(CSc3ccccc3)C(C)C(c3ccc(CO)cc3)O2)cc1. The predicted molar refractivity (Wildman–Crippen MR) is 153 cm³/mol. The number of carbonyl (C=O) groups excluding carboxylic acids is 2.